The number of rotatable bonds is 4. The standard InChI is InChI=1S/C16H29NO6SSi/c1-15(2,3)25(7,8)23-9-10-12(18)17-11(14(19)22-6)16(4,5)24(20,21)13(10)17/h10-11,13H,9H2,1-8H3/t10-,11+,13-/m1/s1. The van der Waals surface area contributed by atoms with Crippen molar-refractivity contribution in [2.75, 3.05) is 13.7 Å². The first-order valence-corrected chi connectivity index (χ1v) is 12.8. The number of hydrogen-bond acceptors (Lipinski definition) is 6. The lowest BCUT2D eigenvalue weighted by Crippen LogP contribution is -2.65. The summed E-state index contributed by atoms with van der Waals surface area (Å²) in [6, 6.07) is -1.11. The Morgan fingerprint density at radius 3 is 2.24 bits per heavy atom. The molecule has 7 nitrogen and oxygen atoms in total. The lowest BCUT2D eigenvalue weighted by molar-refractivity contribution is -0.166. The van der Waals surface area contributed by atoms with E-state index in [2.05, 4.69) is 33.9 Å². The second kappa shape index (κ2) is 5.78. The van der Waals surface area contributed by atoms with Gasteiger partial charge in [-0.05, 0) is 32.0 Å². The van der Waals surface area contributed by atoms with Crippen molar-refractivity contribution in [1.82, 2.24) is 4.90 Å². The molecule has 0 bridgehead atoms. The summed E-state index contributed by atoms with van der Waals surface area (Å²) in [7, 11) is -4.63. The fourth-order valence-electron chi connectivity index (χ4n) is 3.17. The molecule has 2 rings (SSSR count). The molecule has 144 valence electrons. The van der Waals surface area contributed by atoms with Crippen molar-refractivity contribution in [3.05, 3.63) is 0 Å². The molecule has 9 heteroatoms. The third-order valence-electron chi connectivity index (χ3n) is 6.03. The molecule has 1 amide bonds. The van der Waals surface area contributed by atoms with Crippen LogP contribution in [0.15, 0.2) is 0 Å². The van der Waals surface area contributed by atoms with E-state index in [1.807, 2.05) is 0 Å². The average Bonchev–Trinajstić information content (AvgIpc) is 2.59. The van der Waals surface area contributed by atoms with Crippen LogP contribution in [0, 0.1) is 5.92 Å². The summed E-state index contributed by atoms with van der Waals surface area (Å²) in [6.07, 6.45) is 0. The van der Waals surface area contributed by atoms with E-state index in [-0.39, 0.29) is 17.6 Å². The zero-order valence-corrected chi connectivity index (χ0v) is 18.1. The molecule has 0 radical (unpaired) electrons. The highest BCUT2D eigenvalue weighted by atomic mass is 32.2. The molecule has 2 aliphatic rings. The topological polar surface area (TPSA) is 90.0 Å². The first kappa shape index (κ1) is 20.4. The lowest BCUT2D eigenvalue weighted by atomic mass is 9.92. The van der Waals surface area contributed by atoms with Gasteiger partial charge in [0.25, 0.3) is 0 Å². The van der Waals surface area contributed by atoms with Crippen molar-refractivity contribution >= 4 is 30.0 Å². The normalized spacial score (nSPS) is 30.6. The smallest absolute Gasteiger partial charge is 0.330 e. The van der Waals surface area contributed by atoms with Gasteiger partial charge in [0, 0.05) is 6.61 Å². The predicted octanol–water partition coefficient (Wildman–Crippen LogP) is 1.54. The van der Waals surface area contributed by atoms with Gasteiger partial charge in [0.2, 0.25) is 5.91 Å². The van der Waals surface area contributed by atoms with Gasteiger partial charge in [-0.1, -0.05) is 20.8 Å². The van der Waals surface area contributed by atoms with E-state index in [4.69, 9.17) is 9.16 Å². The number of ether oxygens (including phenoxy) is 1. The van der Waals surface area contributed by atoms with Crippen molar-refractivity contribution in [2.24, 2.45) is 5.92 Å². The number of nitrogens with zero attached hydrogens (tertiary/aromatic N) is 1. The fourth-order valence-corrected chi connectivity index (χ4v) is 6.49. The first-order valence-electron chi connectivity index (χ1n) is 8.38. The van der Waals surface area contributed by atoms with Crippen LogP contribution in [-0.2, 0) is 28.6 Å². The van der Waals surface area contributed by atoms with Crippen molar-refractivity contribution < 1.29 is 27.2 Å². The minimum Gasteiger partial charge on any atom is -0.467 e. The molecule has 3 atom stereocenters. The Kier molecular flexibility index (Phi) is 4.72. The molecule has 2 heterocycles. The van der Waals surface area contributed by atoms with Crippen LogP contribution in [0.2, 0.25) is 18.1 Å². The maximum Gasteiger partial charge on any atom is 0.330 e. The number of fused-ring (bicyclic) bond motifs is 1. The molecule has 0 N–H and O–H groups in total. The molecular formula is C16H29NO6SSi. The van der Waals surface area contributed by atoms with Gasteiger partial charge in [0.15, 0.2) is 18.2 Å². The first-order chi connectivity index (χ1) is 11.1. The van der Waals surface area contributed by atoms with Gasteiger partial charge >= 0.3 is 5.97 Å². The maximum absolute atomic E-state index is 12.9. The third-order valence-corrected chi connectivity index (χ3v) is 13.4. The van der Waals surface area contributed by atoms with Crippen LogP contribution in [0.1, 0.15) is 34.6 Å². The Balaban J connectivity index is 2.28. The van der Waals surface area contributed by atoms with Gasteiger partial charge in [-0.25, -0.2) is 13.2 Å². The second-order valence-electron chi connectivity index (χ2n) is 8.89. The highest BCUT2D eigenvalue weighted by Crippen LogP contribution is 2.49. The number of carbonyl (C=O) groups is 2. The number of esters is 1. The van der Waals surface area contributed by atoms with E-state index in [9.17, 15) is 18.0 Å². The molecule has 2 aliphatic heterocycles. The number of hydrogen-bond donors (Lipinski definition) is 0. The Labute approximate surface area is 151 Å². The summed E-state index contributed by atoms with van der Waals surface area (Å²) in [4.78, 5) is 25.9. The van der Waals surface area contributed by atoms with E-state index in [0.717, 1.165) is 0 Å². The Bertz CT molecular complexity index is 694. The van der Waals surface area contributed by atoms with Crippen LogP contribution >= 0.6 is 0 Å². The summed E-state index contributed by atoms with van der Waals surface area (Å²) in [5.41, 5.74) is 0. The van der Waals surface area contributed by atoms with Crippen LogP contribution in [0.3, 0.4) is 0 Å². The van der Waals surface area contributed by atoms with E-state index in [1.54, 1.807) is 0 Å². The zero-order chi connectivity index (χ0) is 19.6. The second-order valence-corrected chi connectivity index (χ2v) is 16.3. The van der Waals surface area contributed by atoms with Crippen LogP contribution in [0.25, 0.3) is 0 Å². The SMILES string of the molecule is COC(=O)[C@@H]1N2C(=O)[C@@H](CO[Si](C)(C)C(C)(C)C)[C@H]2S(=O)(=O)C1(C)C. The van der Waals surface area contributed by atoms with E-state index in [1.165, 1.54) is 25.9 Å². The van der Waals surface area contributed by atoms with E-state index in [0.29, 0.717) is 0 Å². The van der Waals surface area contributed by atoms with Crippen LogP contribution in [-0.4, -0.2) is 63.4 Å². The number of methoxy groups -OCH3 is 1. The molecule has 2 fully saturated rings. The Morgan fingerprint density at radius 2 is 1.80 bits per heavy atom. The monoisotopic (exact) mass is 391 g/mol. The quantitative estimate of drug-likeness (QED) is 0.410. The van der Waals surface area contributed by atoms with E-state index >= 15 is 0 Å². The van der Waals surface area contributed by atoms with Crippen molar-refractivity contribution in [2.45, 2.75) is 68.9 Å². The molecule has 0 unspecified atom stereocenters. The molecule has 0 spiro atoms. The largest absolute Gasteiger partial charge is 0.467 e. The van der Waals surface area contributed by atoms with Crippen LogP contribution in [0.4, 0.5) is 0 Å². The van der Waals surface area contributed by atoms with Crippen molar-refractivity contribution in [3.63, 3.8) is 0 Å². The molecular weight excluding hydrogens is 362 g/mol. The van der Waals surface area contributed by atoms with Crippen LogP contribution in [0.5, 0.6) is 0 Å². The van der Waals surface area contributed by atoms with Crippen LogP contribution < -0.4 is 0 Å². The maximum atomic E-state index is 12.9. The van der Waals surface area contributed by atoms with E-state index < -0.39 is 46.2 Å². The minimum atomic E-state index is -3.72. The number of β-lactam (4-membered cyclic amide) rings is 1. The highest BCUT2D eigenvalue weighted by molar-refractivity contribution is 7.93. The van der Waals surface area contributed by atoms with Crippen molar-refractivity contribution in [1.29, 1.82) is 0 Å². The van der Waals surface area contributed by atoms with Gasteiger partial charge < -0.3 is 14.1 Å². The zero-order valence-electron chi connectivity index (χ0n) is 16.2. The number of sulfone groups is 1. The van der Waals surface area contributed by atoms with Gasteiger partial charge in [0.05, 0.1) is 17.8 Å². The third kappa shape index (κ3) is 2.75. The number of amides is 1. The van der Waals surface area contributed by atoms with Gasteiger partial charge in [0.1, 0.15) is 11.4 Å². The van der Waals surface area contributed by atoms with Gasteiger partial charge in [-0.2, -0.15) is 0 Å². The lowest BCUT2D eigenvalue weighted by Gasteiger charge is -2.45. The molecule has 25 heavy (non-hydrogen) atoms. The number of carbonyl (C=O) groups excluding carboxylic acids is 2. The molecule has 0 aliphatic carbocycles. The summed E-state index contributed by atoms with van der Waals surface area (Å²) >= 11 is 0. The Morgan fingerprint density at radius 1 is 1.28 bits per heavy atom. The summed E-state index contributed by atoms with van der Waals surface area (Å²) in [5.74, 6) is -1.81. The van der Waals surface area contributed by atoms with Gasteiger partial charge in [-0.15, -0.1) is 0 Å². The predicted molar refractivity (Wildman–Crippen MR) is 96.1 cm³/mol. The summed E-state index contributed by atoms with van der Waals surface area (Å²) < 4.78 is 35.3. The molecule has 0 aromatic rings. The Hall–Kier alpha value is -0.933. The summed E-state index contributed by atoms with van der Waals surface area (Å²) in [5, 5.41) is -1.05. The van der Waals surface area contributed by atoms with Crippen molar-refractivity contribution in [3.8, 4) is 0 Å². The van der Waals surface area contributed by atoms with Gasteiger partial charge in [-0.3, -0.25) is 4.79 Å². The molecule has 0 saturated carbocycles. The summed E-state index contributed by atoms with van der Waals surface area (Å²) in [6.45, 7) is 13.4. The molecule has 0 aromatic carbocycles. The minimum absolute atomic E-state index is 0.0398. The fraction of sp³-hybridized carbons (Fsp3) is 0.875. The molecule has 0 aromatic heterocycles. The average molecular weight is 392 g/mol. The molecule has 2 saturated heterocycles. The highest BCUT2D eigenvalue weighted by Gasteiger charge is 2.72.